The summed E-state index contributed by atoms with van der Waals surface area (Å²) in [6, 6.07) is 10.4. The molecule has 0 amide bonds. The van der Waals surface area contributed by atoms with Gasteiger partial charge in [0.05, 0.1) is 17.1 Å². The van der Waals surface area contributed by atoms with E-state index in [4.69, 9.17) is 4.74 Å². The predicted octanol–water partition coefficient (Wildman–Crippen LogP) is 4.26. The van der Waals surface area contributed by atoms with Crippen LogP contribution in [-0.2, 0) is 0 Å². The molecule has 0 spiro atoms. The number of anilines is 2. The van der Waals surface area contributed by atoms with E-state index in [-0.39, 0.29) is 11.8 Å². The fraction of sp³-hybridized carbons (Fsp3) is 0.200. The summed E-state index contributed by atoms with van der Waals surface area (Å²) in [7, 11) is 0. The molecule has 21 heavy (non-hydrogen) atoms. The van der Waals surface area contributed by atoms with Crippen molar-refractivity contribution in [1.82, 2.24) is 0 Å². The summed E-state index contributed by atoms with van der Waals surface area (Å²) < 4.78 is 18.8. The van der Waals surface area contributed by atoms with Crippen molar-refractivity contribution in [2.24, 2.45) is 0 Å². The van der Waals surface area contributed by atoms with Gasteiger partial charge in [0.15, 0.2) is 0 Å². The van der Waals surface area contributed by atoms with E-state index in [1.165, 1.54) is 12.1 Å². The van der Waals surface area contributed by atoms with Crippen molar-refractivity contribution >= 4 is 17.1 Å². The zero-order chi connectivity index (χ0) is 15.4. The fourth-order valence-electron chi connectivity index (χ4n) is 1.81. The van der Waals surface area contributed by atoms with E-state index < -0.39 is 10.7 Å². The average molecular weight is 290 g/mol. The Kier molecular flexibility index (Phi) is 4.37. The molecule has 0 aromatic heterocycles. The number of halogens is 1. The van der Waals surface area contributed by atoms with E-state index in [0.29, 0.717) is 11.4 Å². The molecule has 2 aromatic carbocycles. The minimum absolute atomic E-state index is 0.0784. The normalized spacial score (nSPS) is 10.5. The van der Waals surface area contributed by atoms with Crippen LogP contribution in [0.25, 0.3) is 0 Å². The van der Waals surface area contributed by atoms with E-state index in [0.717, 1.165) is 11.8 Å². The molecular weight excluding hydrogens is 275 g/mol. The van der Waals surface area contributed by atoms with Crippen LogP contribution in [-0.4, -0.2) is 11.0 Å². The molecule has 0 radical (unpaired) electrons. The van der Waals surface area contributed by atoms with Crippen LogP contribution in [0.5, 0.6) is 5.75 Å². The van der Waals surface area contributed by atoms with Crippen LogP contribution >= 0.6 is 0 Å². The molecule has 2 rings (SSSR count). The quantitative estimate of drug-likeness (QED) is 0.660. The first-order valence-corrected chi connectivity index (χ1v) is 6.43. The van der Waals surface area contributed by atoms with Gasteiger partial charge in [-0.25, -0.2) is 4.39 Å². The van der Waals surface area contributed by atoms with Crippen LogP contribution in [0.15, 0.2) is 42.5 Å². The molecule has 6 heteroatoms. The van der Waals surface area contributed by atoms with E-state index in [1.54, 1.807) is 24.3 Å². The first kappa shape index (κ1) is 14.8. The maximum absolute atomic E-state index is 13.3. The van der Waals surface area contributed by atoms with E-state index in [1.807, 2.05) is 13.8 Å². The topological polar surface area (TPSA) is 64.4 Å². The fourth-order valence-corrected chi connectivity index (χ4v) is 1.81. The number of nitrogens with zero attached hydrogens (tertiary/aromatic N) is 1. The highest BCUT2D eigenvalue weighted by Gasteiger charge is 2.10. The second kappa shape index (κ2) is 6.21. The van der Waals surface area contributed by atoms with Crippen molar-refractivity contribution in [2.75, 3.05) is 5.32 Å². The van der Waals surface area contributed by atoms with Crippen LogP contribution in [0.4, 0.5) is 21.5 Å². The van der Waals surface area contributed by atoms with Crippen LogP contribution in [0.3, 0.4) is 0 Å². The van der Waals surface area contributed by atoms with Gasteiger partial charge in [-0.3, -0.25) is 10.1 Å². The van der Waals surface area contributed by atoms with Gasteiger partial charge >= 0.3 is 0 Å². The third-order valence-electron chi connectivity index (χ3n) is 2.61. The molecule has 0 atom stereocenters. The summed E-state index contributed by atoms with van der Waals surface area (Å²) in [6.07, 6.45) is 0.0784. The molecule has 0 aliphatic carbocycles. The molecular formula is C15H15FN2O3. The molecule has 110 valence electrons. The zero-order valence-corrected chi connectivity index (χ0v) is 11.7. The average Bonchev–Trinajstić information content (AvgIpc) is 2.39. The number of rotatable bonds is 5. The first-order chi connectivity index (χ1) is 9.94. The molecule has 0 heterocycles. The van der Waals surface area contributed by atoms with Gasteiger partial charge in [0.2, 0.25) is 0 Å². The summed E-state index contributed by atoms with van der Waals surface area (Å²) in [5.74, 6) is 0.0623. The minimum atomic E-state index is -0.661. The smallest absolute Gasteiger partial charge is 0.274 e. The van der Waals surface area contributed by atoms with E-state index >= 15 is 0 Å². The van der Waals surface area contributed by atoms with Gasteiger partial charge in [0.1, 0.15) is 11.6 Å². The number of nitro groups is 1. The third-order valence-corrected chi connectivity index (χ3v) is 2.61. The van der Waals surface area contributed by atoms with Crippen molar-refractivity contribution in [1.29, 1.82) is 0 Å². The highest BCUT2D eigenvalue weighted by Crippen LogP contribution is 2.24. The maximum Gasteiger partial charge on any atom is 0.274 e. The number of hydrogen-bond donors (Lipinski definition) is 1. The highest BCUT2D eigenvalue weighted by atomic mass is 19.1. The lowest BCUT2D eigenvalue weighted by Gasteiger charge is -2.11. The molecule has 1 N–H and O–H groups in total. The molecule has 0 unspecified atom stereocenters. The Morgan fingerprint density at radius 3 is 2.38 bits per heavy atom. The van der Waals surface area contributed by atoms with E-state index in [9.17, 15) is 14.5 Å². The Hall–Kier alpha value is -2.63. The standard InChI is InChI=1S/C15H15FN2O3/c1-10(2)21-15-5-3-12(4-6-15)17-13-7-11(16)8-14(9-13)18(19)20/h3-10,17H,1-2H3. The summed E-state index contributed by atoms with van der Waals surface area (Å²) in [5, 5.41) is 13.6. The van der Waals surface area contributed by atoms with Gasteiger partial charge in [-0.1, -0.05) is 0 Å². The lowest BCUT2D eigenvalue weighted by atomic mass is 10.2. The first-order valence-electron chi connectivity index (χ1n) is 6.43. The number of hydrogen-bond acceptors (Lipinski definition) is 4. The van der Waals surface area contributed by atoms with Crippen molar-refractivity contribution in [3.63, 3.8) is 0 Å². The maximum atomic E-state index is 13.3. The zero-order valence-electron chi connectivity index (χ0n) is 11.7. The molecule has 0 aliphatic rings. The number of nitro benzene ring substituents is 1. The largest absolute Gasteiger partial charge is 0.491 e. The molecule has 2 aromatic rings. The van der Waals surface area contributed by atoms with E-state index in [2.05, 4.69) is 5.32 Å². The van der Waals surface area contributed by atoms with Crippen molar-refractivity contribution in [3.05, 3.63) is 58.4 Å². The summed E-state index contributed by atoms with van der Waals surface area (Å²) in [6.45, 7) is 3.86. The Bertz CT molecular complexity index is 642. The second-order valence-corrected chi connectivity index (χ2v) is 4.77. The Labute approximate surface area is 121 Å². The lowest BCUT2D eigenvalue weighted by molar-refractivity contribution is -0.385. The number of non-ortho nitro benzene ring substituents is 1. The molecule has 0 saturated heterocycles. The van der Waals surface area contributed by atoms with Crippen LogP contribution in [0.1, 0.15) is 13.8 Å². The molecule has 0 fully saturated rings. The minimum Gasteiger partial charge on any atom is -0.491 e. The van der Waals surface area contributed by atoms with Gasteiger partial charge in [-0.05, 0) is 44.2 Å². The van der Waals surface area contributed by atoms with Crippen LogP contribution < -0.4 is 10.1 Å². The Balaban J connectivity index is 2.16. The highest BCUT2D eigenvalue weighted by molar-refractivity contribution is 5.63. The Morgan fingerprint density at radius 2 is 1.81 bits per heavy atom. The van der Waals surface area contributed by atoms with Crippen molar-refractivity contribution < 1.29 is 14.1 Å². The van der Waals surface area contributed by atoms with Crippen LogP contribution in [0, 0.1) is 15.9 Å². The van der Waals surface area contributed by atoms with Crippen molar-refractivity contribution in [3.8, 4) is 5.75 Å². The molecule has 0 aliphatic heterocycles. The second-order valence-electron chi connectivity index (χ2n) is 4.77. The molecule has 0 bridgehead atoms. The number of benzene rings is 2. The third kappa shape index (κ3) is 4.17. The predicted molar refractivity (Wildman–Crippen MR) is 78.5 cm³/mol. The molecule has 0 saturated carbocycles. The molecule has 5 nitrogen and oxygen atoms in total. The summed E-state index contributed by atoms with van der Waals surface area (Å²) in [4.78, 5) is 10.1. The lowest BCUT2D eigenvalue weighted by Crippen LogP contribution is -2.05. The van der Waals surface area contributed by atoms with Crippen LogP contribution in [0.2, 0.25) is 0 Å². The van der Waals surface area contributed by atoms with Gasteiger partial charge in [0, 0.05) is 17.4 Å². The summed E-state index contributed by atoms with van der Waals surface area (Å²) >= 11 is 0. The summed E-state index contributed by atoms with van der Waals surface area (Å²) in [5.41, 5.74) is 0.711. The number of nitrogens with one attached hydrogen (secondary N) is 1. The van der Waals surface area contributed by atoms with Gasteiger partial charge in [0.25, 0.3) is 5.69 Å². The van der Waals surface area contributed by atoms with Gasteiger partial charge in [-0.15, -0.1) is 0 Å². The van der Waals surface area contributed by atoms with Crippen molar-refractivity contribution in [2.45, 2.75) is 20.0 Å². The number of ether oxygens (including phenoxy) is 1. The monoisotopic (exact) mass is 290 g/mol. The Morgan fingerprint density at radius 1 is 1.14 bits per heavy atom. The SMILES string of the molecule is CC(C)Oc1ccc(Nc2cc(F)cc([N+](=O)[O-])c2)cc1. The van der Waals surface area contributed by atoms with Gasteiger partial charge < -0.3 is 10.1 Å². The van der Waals surface area contributed by atoms with Gasteiger partial charge in [-0.2, -0.15) is 0 Å².